The van der Waals surface area contributed by atoms with E-state index in [1.54, 1.807) is 6.07 Å². The van der Waals surface area contributed by atoms with Crippen LogP contribution in [0, 0.1) is 10.1 Å². The van der Waals surface area contributed by atoms with Crippen molar-refractivity contribution in [1.29, 1.82) is 0 Å². The Hall–Kier alpha value is -1.14. The van der Waals surface area contributed by atoms with Gasteiger partial charge in [0.1, 0.15) is 5.69 Å². The van der Waals surface area contributed by atoms with E-state index in [1.807, 2.05) is 12.1 Å². The van der Waals surface area contributed by atoms with Crippen LogP contribution in [-0.2, 0) is 5.33 Å². The Balaban J connectivity index is 1.91. The maximum absolute atomic E-state index is 11.4. The molecule has 2 heterocycles. The Kier molecular flexibility index (Phi) is 4.17. The lowest BCUT2D eigenvalue weighted by Gasteiger charge is -2.27. The summed E-state index contributed by atoms with van der Waals surface area (Å²) in [4.78, 5) is 15.8. The van der Waals surface area contributed by atoms with Crippen molar-refractivity contribution < 1.29 is 4.92 Å². The van der Waals surface area contributed by atoms with E-state index in [0.29, 0.717) is 17.4 Å². The summed E-state index contributed by atoms with van der Waals surface area (Å²) < 4.78 is 0. The van der Waals surface area contributed by atoms with Gasteiger partial charge in [0.05, 0.1) is 4.92 Å². The number of rotatable bonds is 3. The van der Waals surface area contributed by atoms with Gasteiger partial charge in [0.2, 0.25) is 0 Å². The molecule has 0 aromatic heterocycles. The number of halogens is 1. The Morgan fingerprint density at radius 1 is 1.33 bits per heavy atom. The van der Waals surface area contributed by atoms with Gasteiger partial charge in [0.25, 0.3) is 5.69 Å². The third-order valence-electron chi connectivity index (χ3n) is 4.88. The number of benzene rings is 1. The highest BCUT2D eigenvalue weighted by atomic mass is 79.9. The number of alkyl halides is 1. The van der Waals surface area contributed by atoms with E-state index in [-0.39, 0.29) is 10.6 Å². The summed E-state index contributed by atoms with van der Waals surface area (Å²) in [5.74, 6) is 0. The molecule has 21 heavy (non-hydrogen) atoms. The van der Waals surface area contributed by atoms with Gasteiger partial charge in [-0.3, -0.25) is 15.0 Å². The molecule has 5 nitrogen and oxygen atoms in total. The van der Waals surface area contributed by atoms with Gasteiger partial charge in [-0.1, -0.05) is 22.0 Å². The molecule has 2 saturated heterocycles. The van der Waals surface area contributed by atoms with E-state index >= 15 is 0 Å². The molecule has 2 aliphatic rings. The van der Waals surface area contributed by atoms with Gasteiger partial charge in [0.15, 0.2) is 0 Å². The number of hydrogen-bond donors (Lipinski definition) is 0. The first-order valence-corrected chi connectivity index (χ1v) is 8.52. The van der Waals surface area contributed by atoms with Gasteiger partial charge in [-0.05, 0) is 37.9 Å². The van der Waals surface area contributed by atoms with Crippen LogP contribution in [0.15, 0.2) is 18.2 Å². The number of nitro groups is 1. The first-order valence-electron chi connectivity index (χ1n) is 7.40. The van der Waals surface area contributed by atoms with Crippen molar-refractivity contribution in [3.63, 3.8) is 0 Å². The zero-order valence-corrected chi connectivity index (χ0v) is 13.8. The fourth-order valence-electron chi connectivity index (χ4n) is 3.59. The molecule has 2 unspecified atom stereocenters. The second kappa shape index (κ2) is 5.93. The minimum absolute atomic E-state index is 0.229. The Bertz CT molecular complexity index is 552. The molecule has 3 rings (SSSR count). The summed E-state index contributed by atoms with van der Waals surface area (Å²) in [7, 11) is 2.19. The quantitative estimate of drug-likeness (QED) is 0.475. The molecule has 2 aliphatic heterocycles. The van der Waals surface area contributed by atoms with Crippen LogP contribution in [0.1, 0.15) is 24.8 Å². The van der Waals surface area contributed by atoms with Crippen LogP contribution in [0.5, 0.6) is 0 Å². The predicted octanol–water partition coefficient (Wildman–Crippen LogP) is 3.16. The molecule has 6 heteroatoms. The van der Waals surface area contributed by atoms with Gasteiger partial charge in [0, 0.05) is 36.6 Å². The van der Waals surface area contributed by atoms with Gasteiger partial charge in [-0.15, -0.1) is 0 Å². The summed E-state index contributed by atoms with van der Waals surface area (Å²) in [5, 5.41) is 12.0. The highest BCUT2D eigenvalue weighted by Crippen LogP contribution is 2.35. The zero-order chi connectivity index (χ0) is 15.0. The lowest BCUT2D eigenvalue weighted by Crippen LogP contribution is -2.36. The van der Waals surface area contributed by atoms with Crippen LogP contribution in [0.2, 0.25) is 0 Å². The van der Waals surface area contributed by atoms with Gasteiger partial charge < -0.3 is 4.90 Å². The van der Waals surface area contributed by atoms with Gasteiger partial charge >= 0.3 is 0 Å². The Labute approximate surface area is 133 Å². The zero-order valence-electron chi connectivity index (χ0n) is 12.2. The third-order valence-corrected chi connectivity index (χ3v) is 5.53. The Morgan fingerprint density at radius 3 is 2.81 bits per heavy atom. The molecule has 0 spiro atoms. The van der Waals surface area contributed by atoms with Gasteiger partial charge in [-0.2, -0.15) is 0 Å². The minimum atomic E-state index is -0.256. The standard InChI is InChI=1S/C15H20BrN3O2/c1-17-12-3-4-13(17)10-18(7-6-12)14-5-2-11(9-16)8-15(14)19(20)21/h2,5,8,12-13H,3-4,6-7,9-10H2,1H3. The normalized spacial score (nSPS) is 25.9. The molecule has 1 aromatic carbocycles. The average molecular weight is 354 g/mol. The van der Waals surface area contributed by atoms with E-state index in [4.69, 9.17) is 0 Å². The van der Waals surface area contributed by atoms with Crippen LogP contribution in [0.4, 0.5) is 11.4 Å². The van der Waals surface area contributed by atoms with Crippen molar-refractivity contribution in [3.8, 4) is 0 Å². The molecular weight excluding hydrogens is 334 g/mol. The van der Waals surface area contributed by atoms with E-state index in [9.17, 15) is 10.1 Å². The average Bonchev–Trinajstić information content (AvgIpc) is 2.72. The molecule has 2 atom stereocenters. The summed E-state index contributed by atoms with van der Waals surface area (Å²) in [5.41, 5.74) is 1.94. The topological polar surface area (TPSA) is 49.6 Å². The third kappa shape index (κ3) is 2.79. The lowest BCUT2D eigenvalue weighted by molar-refractivity contribution is -0.384. The van der Waals surface area contributed by atoms with Gasteiger partial charge in [-0.25, -0.2) is 0 Å². The van der Waals surface area contributed by atoms with Crippen LogP contribution in [0.3, 0.4) is 0 Å². The van der Waals surface area contributed by atoms with E-state index < -0.39 is 0 Å². The van der Waals surface area contributed by atoms with Crippen molar-refractivity contribution >= 4 is 27.3 Å². The number of nitrogens with zero attached hydrogens (tertiary/aromatic N) is 3. The fraction of sp³-hybridized carbons (Fsp3) is 0.600. The van der Waals surface area contributed by atoms with Crippen molar-refractivity contribution in [1.82, 2.24) is 4.90 Å². The number of fused-ring (bicyclic) bond motifs is 2. The second-order valence-electron chi connectivity index (χ2n) is 6.00. The van der Waals surface area contributed by atoms with Crippen molar-refractivity contribution in [2.45, 2.75) is 36.7 Å². The molecule has 0 N–H and O–H groups in total. The molecule has 2 fully saturated rings. The lowest BCUT2D eigenvalue weighted by atomic mass is 10.1. The number of hydrogen-bond acceptors (Lipinski definition) is 4. The number of anilines is 1. The van der Waals surface area contributed by atoms with Crippen LogP contribution < -0.4 is 4.90 Å². The highest BCUT2D eigenvalue weighted by Gasteiger charge is 2.36. The number of likely N-dealkylation sites (N-methyl/N-ethyl adjacent to an activating group) is 1. The molecule has 1 aromatic rings. The monoisotopic (exact) mass is 353 g/mol. The molecule has 0 aliphatic carbocycles. The van der Waals surface area contributed by atoms with Crippen molar-refractivity contribution in [3.05, 3.63) is 33.9 Å². The SMILES string of the molecule is CN1C2CCC1CN(c1ccc(CBr)cc1[N+](=O)[O-])CC2. The van der Waals surface area contributed by atoms with Crippen LogP contribution in [0.25, 0.3) is 0 Å². The van der Waals surface area contributed by atoms with Crippen molar-refractivity contribution in [2.75, 3.05) is 25.0 Å². The predicted molar refractivity (Wildman–Crippen MR) is 87.1 cm³/mol. The fourth-order valence-corrected chi connectivity index (χ4v) is 3.94. The first-order chi connectivity index (χ1) is 10.1. The Morgan fingerprint density at radius 2 is 2.10 bits per heavy atom. The molecule has 0 radical (unpaired) electrons. The summed E-state index contributed by atoms with van der Waals surface area (Å²) in [6.45, 7) is 1.79. The van der Waals surface area contributed by atoms with Crippen LogP contribution in [-0.4, -0.2) is 42.0 Å². The van der Waals surface area contributed by atoms with E-state index in [0.717, 1.165) is 30.8 Å². The first kappa shape index (κ1) is 14.8. The second-order valence-corrected chi connectivity index (χ2v) is 6.56. The minimum Gasteiger partial charge on any atom is -0.364 e. The maximum atomic E-state index is 11.4. The molecule has 114 valence electrons. The molecule has 0 saturated carbocycles. The van der Waals surface area contributed by atoms with E-state index in [2.05, 4.69) is 32.8 Å². The summed E-state index contributed by atoms with van der Waals surface area (Å²) in [6.07, 6.45) is 3.55. The molecular formula is C15H20BrN3O2. The molecule has 2 bridgehead atoms. The summed E-state index contributed by atoms with van der Waals surface area (Å²) >= 11 is 3.37. The number of nitro benzene ring substituents is 1. The van der Waals surface area contributed by atoms with E-state index in [1.165, 1.54) is 12.8 Å². The maximum Gasteiger partial charge on any atom is 0.292 e. The van der Waals surface area contributed by atoms with Crippen molar-refractivity contribution in [2.24, 2.45) is 0 Å². The largest absolute Gasteiger partial charge is 0.364 e. The van der Waals surface area contributed by atoms with Crippen LogP contribution >= 0.6 is 15.9 Å². The summed E-state index contributed by atoms with van der Waals surface area (Å²) in [6, 6.07) is 6.74. The smallest absolute Gasteiger partial charge is 0.292 e. The molecule has 0 amide bonds. The highest BCUT2D eigenvalue weighted by molar-refractivity contribution is 9.08.